The van der Waals surface area contributed by atoms with Crippen LogP contribution in [0.5, 0.6) is 0 Å². The zero-order valence-electron chi connectivity index (χ0n) is 12.0. The van der Waals surface area contributed by atoms with Crippen molar-refractivity contribution in [1.29, 1.82) is 0 Å². The van der Waals surface area contributed by atoms with Crippen LogP contribution in [-0.4, -0.2) is 25.7 Å². The first-order valence-corrected chi connectivity index (χ1v) is 9.11. The smallest absolute Gasteiger partial charge is 0.257 e. The van der Waals surface area contributed by atoms with Gasteiger partial charge in [0.2, 0.25) is 0 Å². The summed E-state index contributed by atoms with van der Waals surface area (Å²) in [6.45, 7) is 0. The van der Waals surface area contributed by atoms with Gasteiger partial charge in [-0.05, 0) is 60.7 Å². The summed E-state index contributed by atoms with van der Waals surface area (Å²) in [5, 5.41) is 5.98. The highest BCUT2D eigenvalue weighted by Gasteiger charge is 2.09. The van der Waals surface area contributed by atoms with Crippen LogP contribution in [0.2, 0.25) is 5.02 Å². The number of carbonyl (C=O) groups is 1. The summed E-state index contributed by atoms with van der Waals surface area (Å²) in [5.74, 6) is -0.369. The number of hydrogen-bond acceptors (Lipinski definition) is 4. The van der Waals surface area contributed by atoms with Gasteiger partial charge in [-0.3, -0.25) is 10.1 Å². The number of nitrogens with one attached hydrogen (secondary N) is 2. The molecule has 0 spiro atoms. The highest BCUT2D eigenvalue weighted by atomic mass is 35.5. The summed E-state index contributed by atoms with van der Waals surface area (Å²) in [7, 11) is -3.25. The zero-order valence-corrected chi connectivity index (χ0v) is 14.4. The average molecular weight is 369 g/mol. The van der Waals surface area contributed by atoms with Crippen molar-refractivity contribution in [3.05, 3.63) is 59.1 Å². The van der Waals surface area contributed by atoms with Gasteiger partial charge in [-0.2, -0.15) is 0 Å². The quantitative estimate of drug-likeness (QED) is 0.815. The predicted octanol–water partition coefficient (Wildman–Crippen LogP) is 2.87. The molecule has 0 bridgehead atoms. The monoisotopic (exact) mass is 368 g/mol. The van der Waals surface area contributed by atoms with Gasteiger partial charge in [0.15, 0.2) is 14.9 Å². The molecule has 0 aliphatic rings. The van der Waals surface area contributed by atoms with E-state index in [1.165, 1.54) is 12.1 Å². The topological polar surface area (TPSA) is 75.3 Å². The van der Waals surface area contributed by atoms with Crippen molar-refractivity contribution in [1.82, 2.24) is 5.32 Å². The summed E-state index contributed by atoms with van der Waals surface area (Å²) in [6.07, 6.45) is 1.13. The molecule has 8 heteroatoms. The Kier molecular flexibility index (Phi) is 5.35. The molecule has 0 aromatic heterocycles. The lowest BCUT2D eigenvalue weighted by molar-refractivity contribution is 0.0977. The van der Waals surface area contributed by atoms with Crippen molar-refractivity contribution in [2.75, 3.05) is 11.6 Å². The molecule has 0 saturated carbocycles. The van der Waals surface area contributed by atoms with Crippen LogP contribution in [0.1, 0.15) is 10.4 Å². The maximum atomic E-state index is 12.0. The predicted molar refractivity (Wildman–Crippen MR) is 94.7 cm³/mol. The second kappa shape index (κ2) is 7.08. The maximum Gasteiger partial charge on any atom is 0.257 e. The third kappa shape index (κ3) is 5.02. The van der Waals surface area contributed by atoms with Gasteiger partial charge >= 0.3 is 0 Å². The molecule has 0 atom stereocenters. The SMILES string of the molecule is CS(=O)(=O)c1ccc(NC(=S)NC(=O)c2ccc(Cl)cc2)cc1. The van der Waals surface area contributed by atoms with Crippen LogP contribution in [0.25, 0.3) is 0 Å². The van der Waals surface area contributed by atoms with Gasteiger partial charge in [-0.15, -0.1) is 0 Å². The molecule has 2 aromatic carbocycles. The fraction of sp³-hybridized carbons (Fsp3) is 0.0667. The highest BCUT2D eigenvalue weighted by Crippen LogP contribution is 2.14. The molecule has 0 unspecified atom stereocenters. The van der Waals surface area contributed by atoms with Gasteiger partial charge in [0.1, 0.15) is 0 Å². The molecule has 1 amide bonds. The number of amides is 1. The van der Waals surface area contributed by atoms with Crippen LogP contribution in [-0.2, 0) is 9.84 Å². The van der Waals surface area contributed by atoms with Crippen LogP contribution in [0.4, 0.5) is 5.69 Å². The lowest BCUT2D eigenvalue weighted by atomic mass is 10.2. The first-order valence-electron chi connectivity index (χ1n) is 6.44. The second-order valence-electron chi connectivity index (χ2n) is 4.71. The second-order valence-corrected chi connectivity index (χ2v) is 7.57. The van der Waals surface area contributed by atoms with Crippen LogP contribution in [0.15, 0.2) is 53.4 Å². The minimum Gasteiger partial charge on any atom is -0.332 e. The van der Waals surface area contributed by atoms with E-state index in [1.807, 2.05) is 0 Å². The van der Waals surface area contributed by atoms with Crippen LogP contribution >= 0.6 is 23.8 Å². The molecule has 2 aromatic rings. The minimum absolute atomic E-state index is 0.108. The van der Waals surface area contributed by atoms with E-state index in [4.69, 9.17) is 23.8 Å². The number of hydrogen-bond donors (Lipinski definition) is 2. The Labute approximate surface area is 144 Å². The fourth-order valence-corrected chi connectivity index (χ4v) is 2.69. The molecule has 0 heterocycles. The van der Waals surface area contributed by atoms with Crippen molar-refractivity contribution in [3.63, 3.8) is 0 Å². The van der Waals surface area contributed by atoms with Gasteiger partial charge in [-0.1, -0.05) is 11.6 Å². The Morgan fingerprint density at radius 3 is 2.13 bits per heavy atom. The molecule has 0 saturated heterocycles. The van der Waals surface area contributed by atoms with Gasteiger partial charge in [0, 0.05) is 22.5 Å². The first-order chi connectivity index (χ1) is 10.8. The molecule has 0 radical (unpaired) electrons. The van der Waals surface area contributed by atoms with E-state index < -0.39 is 9.84 Å². The van der Waals surface area contributed by atoms with Crippen LogP contribution in [0.3, 0.4) is 0 Å². The molecular formula is C15H13ClN2O3S2. The third-order valence-corrected chi connectivity index (χ3v) is 4.46. The normalized spacial score (nSPS) is 10.9. The molecule has 2 rings (SSSR count). The van der Waals surface area contributed by atoms with E-state index in [-0.39, 0.29) is 15.9 Å². The number of sulfone groups is 1. The van der Waals surface area contributed by atoms with E-state index in [2.05, 4.69) is 10.6 Å². The van der Waals surface area contributed by atoms with E-state index in [0.29, 0.717) is 16.3 Å². The first kappa shape index (κ1) is 17.4. The number of halogens is 1. The minimum atomic E-state index is -3.25. The Hall–Kier alpha value is -1.96. The Morgan fingerprint density at radius 1 is 1.04 bits per heavy atom. The molecular weight excluding hydrogens is 356 g/mol. The van der Waals surface area contributed by atoms with Crippen LogP contribution < -0.4 is 10.6 Å². The van der Waals surface area contributed by atoms with Crippen molar-refractivity contribution in [2.45, 2.75) is 4.90 Å². The van der Waals surface area contributed by atoms with Gasteiger partial charge in [-0.25, -0.2) is 8.42 Å². The lowest BCUT2D eigenvalue weighted by Gasteiger charge is -2.10. The van der Waals surface area contributed by atoms with E-state index in [9.17, 15) is 13.2 Å². The maximum absolute atomic E-state index is 12.0. The molecule has 120 valence electrons. The van der Waals surface area contributed by atoms with E-state index >= 15 is 0 Å². The molecule has 0 aliphatic heterocycles. The van der Waals surface area contributed by atoms with Gasteiger partial charge in [0.25, 0.3) is 5.91 Å². The lowest BCUT2D eigenvalue weighted by Crippen LogP contribution is -2.34. The molecule has 5 nitrogen and oxygen atoms in total. The van der Waals surface area contributed by atoms with Crippen molar-refractivity contribution >= 4 is 50.4 Å². The standard InChI is InChI=1S/C15H13ClN2O3S2/c1-23(20,21)13-8-6-12(7-9-13)17-15(22)18-14(19)10-2-4-11(16)5-3-10/h2-9H,1H3,(H2,17,18,19,22). The van der Waals surface area contributed by atoms with Crippen molar-refractivity contribution in [3.8, 4) is 0 Å². The van der Waals surface area contributed by atoms with Gasteiger partial charge in [0.05, 0.1) is 4.90 Å². The molecule has 23 heavy (non-hydrogen) atoms. The highest BCUT2D eigenvalue weighted by molar-refractivity contribution is 7.90. The fourth-order valence-electron chi connectivity index (χ4n) is 1.72. The third-order valence-electron chi connectivity index (χ3n) is 2.87. The molecule has 0 aliphatic carbocycles. The number of thiocarbonyl (C=S) groups is 1. The van der Waals surface area contributed by atoms with Crippen molar-refractivity contribution < 1.29 is 13.2 Å². The Bertz CT molecular complexity index is 832. The summed E-state index contributed by atoms with van der Waals surface area (Å²) >= 11 is 10.8. The van der Waals surface area contributed by atoms with Gasteiger partial charge < -0.3 is 5.32 Å². The summed E-state index contributed by atoms with van der Waals surface area (Å²) < 4.78 is 22.8. The summed E-state index contributed by atoms with van der Waals surface area (Å²) in [4.78, 5) is 12.2. The molecule has 2 N–H and O–H groups in total. The number of carbonyl (C=O) groups excluding carboxylic acids is 1. The zero-order chi connectivity index (χ0) is 17.0. The summed E-state index contributed by atoms with van der Waals surface area (Å²) in [6, 6.07) is 12.4. The number of anilines is 1. The van der Waals surface area contributed by atoms with Crippen molar-refractivity contribution in [2.24, 2.45) is 0 Å². The van der Waals surface area contributed by atoms with E-state index in [1.54, 1.807) is 36.4 Å². The number of rotatable bonds is 3. The number of benzene rings is 2. The molecule has 0 fully saturated rings. The average Bonchev–Trinajstić information content (AvgIpc) is 2.47. The summed E-state index contributed by atoms with van der Waals surface area (Å²) in [5.41, 5.74) is 0.991. The van der Waals surface area contributed by atoms with Crippen LogP contribution in [0, 0.1) is 0 Å². The Balaban J connectivity index is 1.99. The largest absolute Gasteiger partial charge is 0.332 e. The Morgan fingerprint density at radius 2 is 1.61 bits per heavy atom. The van der Waals surface area contributed by atoms with E-state index in [0.717, 1.165) is 6.26 Å².